The lowest BCUT2D eigenvalue weighted by atomic mass is 9.56. The molecule has 1 aromatic carbocycles. The standard InChI is InChI=1S/C24H28N2O7/c25-23(32)19-16(28)9-13-7-12-8-14-11(10-26-5-1-2-6-26)3-4-15(27)18(14)20(29)17(12)21(30)24(13,33)22(19)31/h3-4,12-13,16,19,27-29,33H,1-2,5-10H2,(H2,25,32)/t12-,13+,16?,19?,24+/m1/s1. The Morgan fingerprint density at radius 1 is 1.15 bits per heavy atom. The Morgan fingerprint density at radius 3 is 2.52 bits per heavy atom. The van der Waals surface area contributed by atoms with E-state index >= 15 is 0 Å². The van der Waals surface area contributed by atoms with Gasteiger partial charge < -0.3 is 26.2 Å². The number of hydrogen-bond donors (Lipinski definition) is 5. The molecule has 33 heavy (non-hydrogen) atoms. The molecule has 176 valence electrons. The van der Waals surface area contributed by atoms with Crippen molar-refractivity contribution in [3.63, 3.8) is 0 Å². The zero-order valence-corrected chi connectivity index (χ0v) is 18.2. The summed E-state index contributed by atoms with van der Waals surface area (Å²) in [7, 11) is 0. The highest BCUT2D eigenvalue weighted by Crippen LogP contribution is 2.51. The second-order valence-corrected chi connectivity index (χ2v) is 9.82. The van der Waals surface area contributed by atoms with Gasteiger partial charge in [0.15, 0.2) is 11.4 Å². The quantitative estimate of drug-likeness (QED) is 0.403. The van der Waals surface area contributed by atoms with E-state index in [1.54, 1.807) is 0 Å². The minimum atomic E-state index is -2.54. The number of fused-ring (bicyclic) bond motifs is 3. The molecule has 4 aliphatic rings. The van der Waals surface area contributed by atoms with Gasteiger partial charge in [-0.25, -0.2) is 0 Å². The fourth-order valence-electron chi connectivity index (χ4n) is 6.32. The van der Waals surface area contributed by atoms with Gasteiger partial charge in [-0.3, -0.25) is 19.3 Å². The highest BCUT2D eigenvalue weighted by molar-refractivity contribution is 6.24. The molecule has 0 bridgehead atoms. The molecule has 5 atom stereocenters. The van der Waals surface area contributed by atoms with Crippen LogP contribution in [-0.4, -0.2) is 67.6 Å². The van der Waals surface area contributed by atoms with Gasteiger partial charge in [-0.05, 0) is 68.3 Å². The summed E-state index contributed by atoms with van der Waals surface area (Å²) in [6.45, 7) is 2.61. The van der Waals surface area contributed by atoms with Crippen LogP contribution in [0.5, 0.6) is 5.75 Å². The fourth-order valence-corrected chi connectivity index (χ4v) is 6.32. The number of phenols is 1. The molecule has 0 radical (unpaired) electrons. The zero-order chi connectivity index (χ0) is 23.7. The van der Waals surface area contributed by atoms with E-state index in [0.29, 0.717) is 13.0 Å². The Kier molecular flexibility index (Phi) is 5.11. The number of ketones is 2. The number of benzene rings is 1. The van der Waals surface area contributed by atoms with Gasteiger partial charge >= 0.3 is 0 Å². The number of carbonyl (C=O) groups excluding carboxylic acids is 3. The van der Waals surface area contributed by atoms with Gasteiger partial charge in [-0.2, -0.15) is 0 Å². The molecule has 1 amide bonds. The Hall–Kier alpha value is -2.75. The van der Waals surface area contributed by atoms with E-state index in [2.05, 4.69) is 4.90 Å². The number of phenolic OH excluding ortho intramolecular Hbond substituents is 1. The zero-order valence-electron chi connectivity index (χ0n) is 18.2. The second kappa shape index (κ2) is 7.65. The Labute approximate surface area is 190 Å². The van der Waals surface area contributed by atoms with Crippen molar-refractivity contribution < 1.29 is 34.8 Å². The molecule has 5 rings (SSSR count). The molecule has 1 aliphatic heterocycles. The first-order chi connectivity index (χ1) is 15.6. The van der Waals surface area contributed by atoms with Gasteiger partial charge in [0.05, 0.1) is 11.7 Å². The summed E-state index contributed by atoms with van der Waals surface area (Å²) in [5.41, 5.74) is 4.47. The summed E-state index contributed by atoms with van der Waals surface area (Å²) in [4.78, 5) is 40.5. The minimum Gasteiger partial charge on any atom is -0.507 e. The van der Waals surface area contributed by atoms with E-state index in [1.165, 1.54) is 6.07 Å². The van der Waals surface area contributed by atoms with Crippen LogP contribution < -0.4 is 5.73 Å². The topological polar surface area (TPSA) is 161 Å². The van der Waals surface area contributed by atoms with Gasteiger partial charge in [0.1, 0.15) is 17.4 Å². The van der Waals surface area contributed by atoms with Crippen molar-refractivity contribution in [2.75, 3.05) is 13.1 Å². The number of carbonyl (C=O) groups is 3. The predicted molar refractivity (Wildman–Crippen MR) is 116 cm³/mol. The predicted octanol–water partition coefficient (Wildman–Crippen LogP) is 0.185. The number of likely N-dealkylation sites (tertiary alicyclic amines) is 1. The number of Topliss-reactive ketones (excluding diaryl/α,β-unsaturated/α-hetero) is 2. The molecule has 9 heteroatoms. The van der Waals surface area contributed by atoms with Crippen LogP contribution in [0, 0.1) is 17.8 Å². The summed E-state index contributed by atoms with van der Waals surface area (Å²) in [6.07, 6.45) is 1.27. The van der Waals surface area contributed by atoms with E-state index < -0.39 is 52.7 Å². The molecule has 3 aliphatic carbocycles. The van der Waals surface area contributed by atoms with Crippen LogP contribution in [0.4, 0.5) is 0 Å². The van der Waals surface area contributed by atoms with E-state index in [9.17, 15) is 34.8 Å². The second-order valence-electron chi connectivity index (χ2n) is 9.82. The van der Waals surface area contributed by atoms with E-state index in [1.807, 2.05) is 6.07 Å². The molecular weight excluding hydrogens is 428 g/mol. The van der Waals surface area contributed by atoms with Crippen LogP contribution in [0.3, 0.4) is 0 Å². The van der Waals surface area contributed by atoms with Crippen molar-refractivity contribution in [1.82, 2.24) is 4.90 Å². The number of amides is 1. The Bertz CT molecular complexity index is 1090. The number of aliphatic hydroxyl groups is 3. The minimum absolute atomic E-state index is 0.108. The number of aliphatic hydroxyl groups excluding tert-OH is 2. The summed E-state index contributed by atoms with van der Waals surface area (Å²) >= 11 is 0. The summed E-state index contributed by atoms with van der Waals surface area (Å²) in [6, 6.07) is 3.31. The van der Waals surface area contributed by atoms with Crippen LogP contribution in [0.25, 0.3) is 5.76 Å². The summed E-state index contributed by atoms with van der Waals surface area (Å²) < 4.78 is 0. The van der Waals surface area contributed by atoms with E-state index in [-0.39, 0.29) is 29.7 Å². The molecular formula is C24H28N2O7. The maximum absolute atomic E-state index is 13.5. The lowest BCUT2D eigenvalue weighted by Gasteiger charge is -2.48. The van der Waals surface area contributed by atoms with E-state index in [0.717, 1.165) is 37.1 Å². The van der Waals surface area contributed by atoms with Crippen molar-refractivity contribution in [3.05, 3.63) is 34.4 Å². The molecule has 2 unspecified atom stereocenters. The van der Waals surface area contributed by atoms with Gasteiger partial charge in [-0.1, -0.05) is 6.07 Å². The number of primary amides is 1. The first kappa shape index (κ1) is 22.1. The smallest absolute Gasteiger partial charge is 0.230 e. The van der Waals surface area contributed by atoms with Gasteiger partial charge in [0, 0.05) is 18.0 Å². The molecule has 2 saturated carbocycles. The molecule has 1 heterocycles. The number of nitrogens with two attached hydrogens (primary N) is 1. The van der Waals surface area contributed by atoms with Crippen molar-refractivity contribution in [3.8, 4) is 5.75 Å². The Balaban J connectivity index is 1.59. The Morgan fingerprint density at radius 2 is 1.85 bits per heavy atom. The van der Waals surface area contributed by atoms with Gasteiger partial charge in [0.25, 0.3) is 0 Å². The summed E-state index contributed by atoms with van der Waals surface area (Å²) in [5, 5.41) is 43.3. The van der Waals surface area contributed by atoms with Crippen LogP contribution >= 0.6 is 0 Å². The van der Waals surface area contributed by atoms with Crippen molar-refractivity contribution >= 4 is 23.2 Å². The van der Waals surface area contributed by atoms with Crippen molar-refractivity contribution in [1.29, 1.82) is 0 Å². The maximum Gasteiger partial charge on any atom is 0.230 e. The molecule has 0 spiro atoms. The molecule has 9 nitrogen and oxygen atoms in total. The summed E-state index contributed by atoms with van der Waals surface area (Å²) in [5.74, 6) is -6.89. The van der Waals surface area contributed by atoms with Crippen LogP contribution in [-0.2, 0) is 27.3 Å². The highest BCUT2D eigenvalue weighted by atomic mass is 16.3. The monoisotopic (exact) mass is 456 g/mol. The lowest BCUT2D eigenvalue weighted by Crippen LogP contribution is -2.66. The lowest BCUT2D eigenvalue weighted by molar-refractivity contribution is -0.174. The van der Waals surface area contributed by atoms with Crippen LogP contribution in [0.2, 0.25) is 0 Å². The highest BCUT2D eigenvalue weighted by Gasteiger charge is 2.63. The van der Waals surface area contributed by atoms with Gasteiger partial charge in [0.2, 0.25) is 11.7 Å². The van der Waals surface area contributed by atoms with Gasteiger partial charge in [-0.15, -0.1) is 0 Å². The molecule has 6 N–H and O–H groups in total. The SMILES string of the molecule is NC(=O)C1C(=O)[C@@]2(O)C(=O)C3=C(O)c4c(O)ccc(CN5CCCC5)c4C[C@H]3C[C@H]2CC1O. The average Bonchev–Trinajstić information content (AvgIpc) is 3.25. The average molecular weight is 456 g/mol. The van der Waals surface area contributed by atoms with Crippen LogP contribution in [0.15, 0.2) is 17.7 Å². The van der Waals surface area contributed by atoms with Crippen LogP contribution in [0.1, 0.15) is 42.4 Å². The first-order valence-electron chi connectivity index (χ1n) is 11.4. The van der Waals surface area contributed by atoms with E-state index in [4.69, 9.17) is 5.73 Å². The molecule has 0 aromatic heterocycles. The number of aromatic hydroxyl groups is 1. The third-order valence-electron chi connectivity index (χ3n) is 7.96. The number of nitrogens with zero attached hydrogens (tertiary/aromatic N) is 1. The fraction of sp³-hybridized carbons (Fsp3) is 0.542. The number of rotatable bonds is 3. The third-order valence-corrected chi connectivity index (χ3v) is 7.96. The largest absolute Gasteiger partial charge is 0.507 e. The molecule has 3 fully saturated rings. The van der Waals surface area contributed by atoms with Crippen molar-refractivity contribution in [2.45, 2.75) is 50.4 Å². The molecule has 1 aromatic rings. The maximum atomic E-state index is 13.5. The van der Waals surface area contributed by atoms with Crippen molar-refractivity contribution in [2.24, 2.45) is 23.5 Å². The molecule has 1 saturated heterocycles. The first-order valence-corrected chi connectivity index (χ1v) is 11.4. The third kappa shape index (κ3) is 3.13. The number of hydrogen-bond acceptors (Lipinski definition) is 8. The normalized spacial score (nSPS) is 34.1.